The molecule has 0 heterocycles. The molecule has 1 nitrogen and oxygen atoms in total. The van der Waals surface area contributed by atoms with Crippen LogP contribution in [-0.2, 0) is 4.57 Å². The predicted molar refractivity (Wildman–Crippen MR) is 205 cm³/mol. The second-order valence-corrected chi connectivity index (χ2v) is 19.4. The van der Waals surface area contributed by atoms with Gasteiger partial charge in [0.1, 0.15) is 0 Å². The van der Waals surface area contributed by atoms with Crippen LogP contribution in [0.25, 0.3) is 18.2 Å². The molecular weight excluding hydrogens is 1290 g/mol. The van der Waals surface area contributed by atoms with E-state index in [1.165, 1.54) is 0 Å². The summed E-state index contributed by atoms with van der Waals surface area (Å²) in [4.78, 5) is 0. The second-order valence-electron chi connectivity index (χ2n) is 16.6. The maximum atomic E-state index is 15.0. The minimum absolute atomic E-state index is 0.240. The predicted octanol–water partition coefficient (Wildman–Crippen LogP) is 17.6. The average Bonchev–Trinajstić information content (AvgIpc) is 3.36. The normalized spacial score (nSPS) is 16.0. The molecular formula is C42H18F39OP. The Bertz CT molecular complexity index is 2600. The van der Waals surface area contributed by atoms with Crippen LogP contribution in [0, 0.1) is 0 Å². The molecule has 0 saturated heterocycles. The zero-order valence-corrected chi connectivity index (χ0v) is 38.9. The van der Waals surface area contributed by atoms with Crippen LogP contribution >= 0.6 is 7.14 Å². The van der Waals surface area contributed by atoms with Crippen LogP contribution in [0.4, 0.5) is 171 Å². The van der Waals surface area contributed by atoms with Crippen molar-refractivity contribution in [1.29, 1.82) is 0 Å². The topological polar surface area (TPSA) is 17.1 Å². The molecule has 0 N–H and O–H groups in total. The number of hydrogen-bond acceptors (Lipinski definition) is 1. The van der Waals surface area contributed by atoms with Crippen LogP contribution in [0.15, 0.2) is 91.0 Å². The van der Waals surface area contributed by atoms with Gasteiger partial charge >= 0.3 is 107 Å². The van der Waals surface area contributed by atoms with Crippen LogP contribution in [-0.4, -0.2) is 107 Å². The molecule has 0 spiro atoms. The summed E-state index contributed by atoms with van der Waals surface area (Å²) in [5.41, 5.74) is -3.38. The van der Waals surface area contributed by atoms with Gasteiger partial charge in [0.15, 0.2) is 7.14 Å². The lowest BCUT2D eigenvalue weighted by Gasteiger charge is -2.39. The van der Waals surface area contributed by atoms with E-state index in [1.54, 1.807) is 0 Å². The Labute approximate surface area is 432 Å². The highest BCUT2D eigenvalue weighted by atomic mass is 31.2. The number of allylic oxidation sites excluding steroid dienone is 3. The minimum atomic E-state index is -8.35. The number of hydrogen-bond donors (Lipinski definition) is 0. The summed E-state index contributed by atoms with van der Waals surface area (Å²) in [6.07, 6.45) is -29.4. The molecule has 0 radical (unpaired) electrons. The largest absolute Gasteiger partial charge is 0.460 e. The zero-order valence-electron chi connectivity index (χ0n) is 38.0. The van der Waals surface area contributed by atoms with Gasteiger partial charge in [-0.1, -0.05) is 91.0 Å². The van der Waals surface area contributed by atoms with E-state index in [-0.39, 0.29) is 36.4 Å². The average molecular weight is 1310 g/mol. The molecule has 0 aliphatic heterocycles. The van der Waals surface area contributed by atoms with Crippen molar-refractivity contribution in [3.63, 3.8) is 0 Å². The highest BCUT2D eigenvalue weighted by Gasteiger charge is 2.93. The van der Waals surface area contributed by atoms with Gasteiger partial charge in [-0.05, 0) is 34.9 Å². The molecule has 3 aromatic rings. The molecule has 0 unspecified atom stereocenters. The first-order valence-corrected chi connectivity index (χ1v) is 21.9. The minimum Gasteiger partial charge on any atom is -0.309 e. The standard InChI is InChI=1S/C42H18F39OP/c43-25(44,28(49,50)31(55,56)34(61,62)37(67,68)40(73,74)75)16-13-19-1-7-22(8-2-19)83(82,23-9-3-20(4-10-23)14-17-26(45,46)29(51,52)32(57,58)35(63,64)38(69,70)41(76,77)78)24-11-5-21(6-12-24)15-18-27(47,48)30(53,54)33(59,60)36(65,66)39(71,72)42(79,80)81/h1-18H/b16-13+,17-14+,18-15+. The lowest BCUT2D eigenvalue weighted by Crippen LogP contribution is -2.69. The summed E-state index contributed by atoms with van der Waals surface area (Å²) in [5, 5.41) is -2.81. The zero-order chi connectivity index (χ0) is 65.7. The van der Waals surface area contributed by atoms with Crippen molar-refractivity contribution in [1.82, 2.24) is 0 Å². The maximum absolute atomic E-state index is 15.0. The number of halogens is 39. The number of alkyl halides is 39. The third-order valence-electron chi connectivity index (χ3n) is 11.1. The fourth-order valence-corrected chi connectivity index (χ4v) is 8.70. The van der Waals surface area contributed by atoms with E-state index in [4.69, 9.17) is 0 Å². The van der Waals surface area contributed by atoms with E-state index in [1.807, 2.05) is 0 Å². The third-order valence-corrected chi connectivity index (χ3v) is 14.2. The van der Waals surface area contributed by atoms with E-state index in [0.717, 1.165) is 0 Å². The summed E-state index contributed by atoms with van der Waals surface area (Å²) >= 11 is 0. The Morgan fingerprint density at radius 1 is 0.217 bits per heavy atom. The fourth-order valence-electron chi connectivity index (χ4n) is 6.09. The number of rotatable bonds is 21. The van der Waals surface area contributed by atoms with E-state index >= 15 is 0 Å². The van der Waals surface area contributed by atoms with Gasteiger partial charge in [-0.15, -0.1) is 0 Å². The molecule has 0 fully saturated rings. The Kier molecular flexibility index (Phi) is 18.0. The lowest BCUT2D eigenvalue weighted by molar-refractivity contribution is -0.436. The molecule has 3 aromatic carbocycles. The summed E-state index contributed by atoms with van der Waals surface area (Å²) in [5.74, 6) is -119. The van der Waals surface area contributed by atoms with Gasteiger partial charge in [0, 0.05) is 15.9 Å². The van der Waals surface area contributed by atoms with Crippen LogP contribution < -0.4 is 15.9 Å². The Balaban J connectivity index is 2.24. The Morgan fingerprint density at radius 3 is 0.506 bits per heavy atom. The van der Waals surface area contributed by atoms with E-state index < -0.39 is 184 Å². The van der Waals surface area contributed by atoms with Gasteiger partial charge in [-0.3, -0.25) is 0 Å². The molecule has 0 bridgehead atoms. The SMILES string of the molecule is O=P(c1ccc(/C=C/C(F)(F)C(F)(F)C(F)(F)C(F)(F)C(F)(F)C(F)(F)F)cc1)(c1ccc(/C=C/C(F)(F)C(F)(F)C(F)(F)C(F)(F)C(F)(F)C(F)(F)F)cc1)c1ccc(/C=C/C(F)(F)C(F)(F)C(F)(F)C(F)(F)C(F)(F)C(F)(F)F)cc1. The third kappa shape index (κ3) is 11.1. The first-order chi connectivity index (χ1) is 36.3. The monoisotopic (exact) mass is 1310 g/mol. The summed E-state index contributed by atoms with van der Waals surface area (Å²) in [6.45, 7) is 0. The number of benzene rings is 3. The van der Waals surface area contributed by atoms with Crippen molar-refractivity contribution in [3.05, 3.63) is 108 Å². The van der Waals surface area contributed by atoms with Crippen LogP contribution in [0.2, 0.25) is 0 Å². The summed E-state index contributed by atoms with van der Waals surface area (Å²) in [7, 11) is -5.19. The smallest absolute Gasteiger partial charge is 0.309 e. The fraction of sp³-hybridized carbons (Fsp3) is 0.429. The molecule has 0 aliphatic rings. The van der Waals surface area contributed by atoms with Crippen molar-refractivity contribution in [2.45, 2.75) is 107 Å². The Hall–Kier alpha value is -5.62. The molecule has 0 aromatic heterocycles. The molecule has 41 heteroatoms. The first-order valence-electron chi connectivity index (χ1n) is 20.2. The van der Waals surface area contributed by atoms with Gasteiger partial charge in [0.05, 0.1) is 0 Å². The maximum Gasteiger partial charge on any atom is 0.460 e. The van der Waals surface area contributed by atoms with Crippen molar-refractivity contribution in [2.75, 3.05) is 0 Å². The van der Waals surface area contributed by atoms with E-state index in [9.17, 15) is 176 Å². The summed E-state index contributed by atoms with van der Waals surface area (Å²) < 4.78 is 544. The molecule has 0 aliphatic carbocycles. The molecule has 0 atom stereocenters. The molecule has 83 heavy (non-hydrogen) atoms. The van der Waals surface area contributed by atoms with E-state index in [2.05, 4.69) is 0 Å². The Morgan fingerprint density at radius 2 is 0.361 bits per heavy atom. The van der Waals surface area contributed by atoms with E-state index in [0.29, 0.717) is 36.4 Å². The van der Waals surface area contributed by atoms with Crippen molar-refractivity contribution in [2.24, 2.45) is 0 Å². The quantitative estimate of drug-likeness (QED) is 0.0767. The van der Waals surface area contributed by atoms with Crippen molar-refractivity contribution in [3.8, 4) is 0 Å². The second kappa shape index (κ2) is 20.8. The van der Waals surface area contributed by atoms with Crippen molar-refractivity contribution >= 4 is 41.3 Å². The first kappa shape index (κ1) is 71.6. The van der Waals surface area contributed by atoms with Gasteiger partial charge in [-0.25, -0.2) is 0 Å². The van der Waals surface area contributed by atoms with Gasteiger partial charge in [-0.2, -0.15) is 171 Å². The highest BCUT2D eigenvalue weighted by Crippen LogP contribution is 2.64. The summed E-state index contributed by atoms with van der Waals surface area (Å²) in [6, 6.07) is 3.40. The molecule has 0 amide bonds. The van der Waals surface area contributed by atoms with Gasteiger partial charge in [0.25, 0.3) is 0 Å². The lowest BCUT2D eigenvalue weighted by atomic mass is 9.93. The van der Waals surface area contributed by atoms with Crippen LogP contribution in [0.5, 0.6) is 0 Å². The van der Waals surface area contributed by atoms with Gasteiger partial charge in [0.2, 0.25) is 0 Å². The highest BCUT2D eigenvalue weighted by molar-refractivity contribution is 7.85. The van der Waals surface area contributed by atoms with Crippen LogP contribution in [0.3, 0.4) is 0 Å². The van der Waals surface area contributed by atoms with Crippen molar-refractivity contribution < 1.29 is 176 Å². The molecule has 470 valence electrons. The van der Waals surface area contributed by atoms with Gasteiger partial charge < -0.3 is 4.57 Å². The molecule has 0 saturated carbocycles. The van der Waals surface area contributed by atoms with Crippen LogP contribution in [0.1, 0.15) is 16.7 Å². The molecule has 3 rings (SSSR count).